The van der Waals surface area contributed by atoms with Crippen molar-refractivity contribution in [2.24, 2.45) is 5.73 Å². The molecule has 0 aromatic heterocycles. The van der Waals surface area contributed by atoms with Crippen molar-refractivity contribution in [3.05, 3.63) is 67.7 Å². The van der Waals surface area contributed by atoms with Gasteiger partial charge in [0.15, 0.2) is 0 Å². The van der Waals surface area contributed by atoms with E-state index in [-0.39, 0.29) is 6.04 Å². The zero-order valence-corrected chi connectivity index (χ0v) is 13.1. The van der Waals surface area contributed by atoms with Crippen molar-refractivity contribution in [1.82, 2.24) is 0 Å². The van der Waals surface area contributed by atoms with Crippen LogP contribution in [0, 0.1) is 10.5 Å². The van der Waals surface area contributed by atoms with E-state index < -0.39 is 0 Å². The monoisotopic (exact) mass is 371 g/mol. The van der Waals surface area contributed by atoms with Gasteiger partial charge in [0.2, 0.25) is 0 Å². The number of nitrogens with two attached hydrogens (primary N) is 1. The molecule has 1 nitrogen and oxygen atoms in total. The summed E-state index contributed by atoms with van der Waals surface area (Å²) in [6.45, 7) is 2.02. The summed E-state index contributed by atoms with van der Waals surface area (Å²) in [6.07, 6.45) is 0.831. The van der Waals surface area contributed by atoms with Crippen LogP contribution in [0.15, 0.2) is 42.5 Å². The predicted octanol–water partition coefficient (Wildman–Crippen LogP) is 4.50. The second kappa shape index (κ2) is 6.04. The number of hydrogen-bond acceptors (Lipinski definition) is 1. The molecule has 0 radical (unpaired) electrons. The Morgan fingerprint density at radius 1 is 1.17 bits per heavy atom. The highest BCUT2D eigenvalue weighted by atomic mass is 127. The van der Waals surface area contributed by atoms with E-state index in [1.54, 1.807) is 0 Å². The molecule has 94 valence electrons. The van der Waals surface area contributed by atoms with Gasteiger partial charge in [-0.3, -0.25) is 0 Å². The molecular weight excluding hydrogens is 357 g/mol. The standard InChI is InChI=1S/C15H15ClIN/c1-10-13(3-2-4-14(10)16)15(18)9-11-5-7-12(17)8-6-11/h2-8,15H,9,18H2,1H3. The van der Waals surface area contributed by atoms with Crippen LogP contribution in [0.5, 0.6) is 0 Å². The third kappa shape index (κ3) is 3.25. The predicted molar refractivity (Wildman–Crippen MR) is 86.0 cm³/mol. The minimum absolute atomic E-state index is 0.0104. The Bertz CT molecular complexity index is 537. The normalized spacial score (nSPS) is 12.4. The molecule has 2 N–H and O–H groups in total. The van der Waals surface area contributed by atoms with E-state index in [1.165, 1.54) is 9.13 Å². The highest BCUT2D eigenvalue weighted by molar-refractivity contribution is 14.1. The molecule has 0 bridgehead atoms. The topological polar surface area (TPSA) is 26.0 Å². The van der Waals surface area contributed by atoms with E-state index in [0.29, 0.717) is 0 Å². The van der Waals surface area contributed by atoms with Crippen LogP contribution in [-0.2, 0) is 6.42 Å². The Morgan fingerprint density at radius 2 is 1.83 bits per heavy atom. The van der Waals surface area contributed by atoms with Gasteiger partial charge < -0.3 is 5.73 Å². The molecule has 18 heavy (non-hydrogen) atoms. The summed E-state index contributed by atoms with van der Waals surface area (Å²) >= 11 is 8.43. The molecule has 2 aromatic rings. The summed E-state index contributed by atoms with van der Waals surface area (Å²) in [7, 11) is 0. The lowest BCUT2D eigenvalue weighted by molar-refractivity contribution is 0.716. The Morgan fingerprint density at radius 3 is 2.50 bits per heavy atom. The highest BCUT2D eigenvalue weighted by Crippen LogP contribution is 2.25. The average molecular weight is 372 g/mol. The van der Waals surface area contributed by atoms with Crippen LogP contribution in [-0.4, -0.2) is 0 Å². The van der Waals surface area contributed by atoms with Crippen molar-refractivity contribution in [2.75, 3.05) is 0 Å². The van der Waals surface area contributed by atoms with Gasteiger partial charge in [-0.1, -0.05) is 35.9 Å². The molecule has 2 aromatic carbocycles. The summed E-state index contributed by atoms with van der Waals surface area (Å²) in [5, 5.41) is 0.783. The van der Waals surface area contributed by atoms with Crippen LogP contribution in [0.1, 0.15) is 22.7 Å². The smallest absolute Gasteiger partial charge is 0.0438 e. The minimum Gasteiger partial charge on any atom is -0.324 e. The van der Waals surface area contributed by atoms with Crippen molar-refractivity contribution in [1.29, 1.82) is 0 Å². The van der Waals surface area contributed by atoms with Gasteiger partial charge in [-0.15, -0.1) is 0 Å². The lowest BCUT2D eigenvalue weighted by Gasteiger charge is -2.15. The largest absolute Gasteiger partial charge is 0.324 e. The fourth-order valence-electron chi connectivity index (χ4n) is 2.01. The maximum absolute atomic E-state index is 6.27. The lowest BCUT2D eigenvalue weighted by Crippen LogP contribution is -2.14. The molecule has 0 amide bonds. The number of hydrogen-bond donors (Lipinski definition) is 1. The second-order valence-electron chi connectivity index (χ2n) is 4.39. The Hall–Kier alpha value is -0.580. The Balaban J connectivity index is 2.19. The van der Waals surface area contributed by atoms with E-state index in [2.05, 4.69) is 52.9 Å². The van der Waals surface area contributed by atoms with E-state index in [1.807, 2.05) is 19.1 Å². The third-order valence-electron chi connectivity index (χ3n) is 3.08. The highest BCUT2D eigenvalue weighted by Gasteiger charge is 2.11. The molecule has 0 heterocycles. The van der Waals surface area contributed by atoms with Gasteiger partial charge in [0.05, 0.1) is 0 Å². The van der Waals surface area contributed by atoms with Gasteiger partial charge in [-0.25, -0.2) is 0 Å². The van der Waals surface area contributed by atoms with Gasteiger partial charge in [0, 0.05) is 14.6 Å². The van der Waals surface area contributed by atoms with Crippen molar-refractivity contribution >= 4 is 34.2 Å². The first-order valence-electron chi connectivity index (χ1n) is 5.83. The van der Waals surface area contributed by atoms with Gasteiger partial charge in [0.25, 0.3) is 0 Å². The van der Waals surface area contributed by atoms with Gasteiger partial charge in [-0.05, 0) is 70.8 Å². The van der Waals surface area contributed by atoms with Crippen LogP contribution >= 0.6 is 34.2 Å². The van der Waals surface area contributed by atoms with Crippen molar-refractivity contribution in [2.45, 2.75) is 19.4 Å². The molecule has 0 fully saturated rings. The first kappa shape index (κ1) is 13.8. The zero-order chi connectivity index (χ0) is 13.1. The molecule has 0 saturated heterocycles. The maximum Gasteiger partial charge on any atom is 0.0438 e. The SMILES string of the molecule is Cc1c(Cl)cccc1C(N)Cc1ccc(I)cc1. The molecule has 0 aliphatic heterocycles. The molecule has 0 saturated carbocycles. The number of benzene rings is 2. The van der Waals surface area contributed by atoms with E-state index >= 15 is 0 Å². The molecule has 0 aliphatic carbocycles. The van der Waals surface area contributed by atoms with Gasteiger partial charge in [0.1, 0.15) is 0 Å². The maximum atomic E-state index is 6.27. The van der Waals surface area contributed by atoms with Crippen LogP contribution in [0.2, 0.25) is 5.02 Å². The number of halogens is 2. The summed E-state index contributed by atoms with van der Waals surface area (Å²) in [6, 6.07) is 14.4. The van der Waals surface area contributed by atoms with Crippen molar-refractivity contribution < 1.29 is 0 Å². The zero-order valence-electron chi connectivity index (χ0n) is 10.2. The van der Waals surface area contributed by atoms with Crippen LogP contribution in [0.25, 0.3) is 0 Å². The van der Waals surface area contributed by atoms with E-state index in [4.69, 9.17) is 17.3 Å². The van der Waals surface area contributed by atoms with Gasteiger partial charge >= 0.3 is 0 Å². The Kier molecular flexibility index (Phi) is 4.65. The fraction of sp³-hybridized carbons (Fsp3) is 0.200. The van der Waals surface area contributed by atoms with Crippen LogP contribution in [0.3, 0.4) is 0 Å². The first-order valence-corrected chi connectivity index (χ1v) is 7.28. The first-order chi connectivity index (χ1) is 8.58. The number of rotatable bonds is 3. The summed E-state index contributed by atoms with van der Waals surface area (Å²) in [5.74, 6) is 0. The fourth-order valence-corrected chi connectivity index (χ4v) is 2.55. The third-order valence-corrected chi connectivity index (χ3v) is 4.21. The van der Waals surface area contributed by atoms with Crippen LogP contribution in [0.4, 0.5) is 0 Å². The van der Waals surface area contributed by atoms with Crippen molar-refractivity contribution in [3.8, 4) is 0 Å². The second-order valence-corrected chi connectivity index (χ2v) is 6.04. The quantitative estimate of drug-likeness (QED) is 0.790. The van der Waals surface area contributed by atoms with Gasteiger partial charge in [-0.2, -0.15) is 0 Å². The van der Waals surface area contributed by atoms with E-state index in [0.717, 1.165) is 22.6 Å². The molecule has 1 atom stereocenters. The molecule has 0 aliphatic rings. The van der Waals surface area contributed by atoms with E-state index in [9.17, 15) is 0 Å². The van der Waals surface area contributed by atoms with Crippen molar-refractivity contribution in [3.63, 3.8) is 0 Å². The summed E-state index contributed by atoms with van der Waals surface area (Å²) in [4.78, 5) is 0. The molecule has 1 unspecified atom stereocenters. The molecule has 2 rings (SSSR count). The minimum atomic E-state index is -0.0104. The Labute approximate surface area is 126 Å². The lowest BCUT2D eigenvalue weighted by atomic mass is 9.96. The molecule has 3 heteroatoms. The summed E-state index contributed by atoms with van der Waals surface area (Å²) in [5.41, 5.74) is 9.73. The molecular formula is C15H15ClIN. The molecule has 0 spiro atoms. The average Bonchev–Trinajstić information content (AvgIpc) is 2.35. The van der Waals surface area contributed by atoms with Crippen LogP contribution < -0.4 is 5.73 Å². The summed E-state index contributed by atoms with van der Waals surface area (Å²) < 4.78 is 1.24.